The van der Waals surface area contributed by atoms with Crippen LogP contribution in [0.4, 0.5) is 5.69 Å². The first kappa shape index (κ1) is 13.0. The molecule has 6 heteroatoms. The highest BCUT2D eigenvalue weighted by molar-refractivity contribution is 9.10. The van der Waals surface area contributed by atoms with Gasteiger partial charge < -0.3 is 10.6 Å². The van der Waals surface area contributed by atoms with Crippen molar-refractivity contribution >= 4 is 38.9 Å². The molecule has 2 rings (SSSR count). The molecule has 18 heavy (non-hydrogen) atoms. The largest absolute Gasteiger partial charge is 0.397 e. The third-order valence-corrected chi connectivity index (χ3v) is 4.13. The molecule has 0 saturated carbocycles. The minimum Gasteiger partial charge on any atom is -0.397 e. The van der Waals surface area contributed by atoms with Crippen LogP contribution in [0.25, 0.3) is 0 Å². The Morgan fingerprint density at radius 3 is 3.00 bits per heavy atom. The van der Waals surface area contributed by atoms with Gasteiger partial charge in [-0.05, 0) is 28.1 Å². The summed E-state index contributed by atoms with van der Waals surface area (Å²) in [7, 11) is 1.76. The second kappa shape index (κ2) is 5.49. The van der Waals surface area contributed by atoms with Crippen molar-refractivity contribution in [1.29, 1.82) is 0 Å². The first-order valence-electron chi connectivity index (χ1n) is 5.26. The summed E-state index contributed by atoms with van der Waals surface area (Å²) in [5.41, 5.74) is 6.64. The van der Waals surface area contributed by atoms with Gasteiger partial charge >= 0.3 is 0 Å². The molecule has 0 atom stereocenters. The van der Waals surface area contributed by atoms with Crippen molar-refractivity contribution in [2.24, 2.45) is 0 Å². The minimum absolute atomic E-state index is 0.0978. The number of carbonyl (C=O) groups excluding carboxylic acids is 1. The van der Waals surface area contributed by atoms with Crippen LogP contribution in [-0.4, -0.2) is 22.8 Å². The first-order chi connectivity index (χ1) is 8.58. The van der Waals surface area contributed by atoms with Crippen LogP contribution in [0, 0.1) is 0 Å². The number of halogens is 1. The van der Waals surface area contributed by atoms with Crippen LogP contribution < -0.4 is 5.73 Å². The van der Waals surface area contributed by atoms with Gasteiger partial charge in [0.2, 0.25) is 0 Å². The molecule has 0 aliphatic rings. The van der Waals surface area contributed by atoms with E-state index >= 15 is 0 Å². The molecule has 2 heterocycles. The molecule has 0 aromatic carbocycles. The van der Waals surface area contributed by atoms with Crippen molar-refractivity contribution in [2.45, 2.75) is 6.54 Å². The Morgan fingerprint density at radius 1 is 1.61 bits per heavy atom. The van der Waals surface area contributed by atoms with Crippen molar-refractivity contribution in [3.8, 4) is 0 Å². The van der Waals surface area contributed by atoms with Crippen molar-refractivity contribution in [3.63, 3.8) is 0 Å². The molecule has 0 aliphatic heterocycles. The van der Waals surface area contributed by atoms with E-state index in [9.17, 15) is 4.79 Å². The van der Waals surface area contributed by atoms with E-state index < -0.39 is 0 Å². The molecule has 0 aliphatic carbocycles. The molecule has 0 radical (unpaired) electrons. The molecule has 1 amide bonds. The number of aromatic nitrogens is 1. The number of pyridine rings is 1. The zero-order valence-corrected chi connectivity index (χ0v) is 12.2. The second-order valence-corrected chi connectivity index (χ2v) is 5.77. The lowest BCUT2D eigenvalue weighted by Gasteiger charge is -2.17. The van der Waals surface area contributed by atoms with E-state index in [0.717, 1.165) is 9.35 Å². The monoisotopic (exact) mass is 325 g/mol. The number of rotatable bonds is 3. The zero-order chi connectivity index (χ0) is 13.1. The summed E-state index contributed by atoms with van der Waals surface area (Å²) < 4.78 is 1.03. The van der Waals surface area contributed by atoms with Gasteiger partial charge in [-0.25, -0.2) is 0 Å². The fourth-order valence-electron chi connectivity index (χ4n) is 1.55. The summed E-state index contributed by atoms with van der Waals surface area (Å²) in [5.74, 6) is -0.0978. The number of anilines is 1. The number of nitrogen functional groups attached to an aromatic ring is 1. The molecule has 2 aromatic rings. The fraction of sp³-hybridized carbons (Fsp3) is 0.167. The summed E-state index contributed by atoms with van der Waals surface area (Å²) in [6.45, 7) is 0.566. The topological polar surface area (TPSA) is 59.2 Å². The van der Waals surface area contributed by atoms with E-state index in [4.69, 9.17) is 5.73 Å². The number of hydrogen-bond donors (Lipinski definition) is 1. The molecule has 2 aromatic heterocycles. The van der Waals surface area contributed by atoms with Crippen molar-refractivity contribution in [1.82, 2.24) is 9.88 Å². The quantitative estimate of drug-likeness (QED) is 0.943. The van der Waals surface area contributed by atoms with E-state index in [-0.39, 0.29) is 5.91 Å². The van der Waals surface area contributed by atoms with Crippen LogP contribution >= 0.6 is 27.3 Å². The Balaban J connectivity index is 2.12. The maximum absolute atomic E-state index is 12.2. The first-order valence-corrected chi connectivity index (χ1v) is 6.93. The van der Waals surface area contributed by atoms with E-state index in [1.54, 1.807) is 35.5 Å². The lowest BCUT2D eigenvalue weighted by molar-refractivity contribution is 0.0787. The maximum atomic E-state index is 12.2. The van der Waals surface area contributed by atoms with E-state index in [1.165, 1.54) is 6.20 Å². The molecule has 0 spiro atoms. The molecule has 0 fully saturated rings. The van der Waals surface area contributed by atoms with Crippen molar-refractivity contribution in [2.75, 3.05) is 12.8 Å². The fourth-order valence-corrected chi connectivity index (χ4v) is 3.05. The number of thiophene rings is 1. The van der Waals surface area contributed by atoms with Crippen LogP contribution in [0.2, 0.25) is 0 Å². The Labute approximate surface area is 118 Å². The normalized spacial score (nSPS) is 10.3. The highest BCUT2D eigenvalue weighted by Gasteiger charge is 2.15. The van der Waals surface area contributed by atoms with Crippen molar-refractivity contribution < 1.29 is 4.79 Å². The van der Waals surface area contributed by atoms with Gasteiger partial charge in [0.25, 0.3) is 5.91 Å². The predicted octanol–water partition coefficient (Wildman–Crippen LogP) is 2.76. The average molecular weight is 326 g/mol. The maximum Gasteiger partial charge on any atom is 0.256 e. The third kappa shape index (κ3) is 2.88. The molecule has 0 bridgehead atoms. The van der Waals surface area contributed by atoms with E-state index in [0.29, 0.717) is 17.8 Å². The van der Waals surface area contributed by atoms with Gasteiger partial charge in [0, 0.05) is 28.0 Å². The molecule has 0 saturated heterocycles. The summed E-state index contributed by atoms with van der Waals surface area (Å²) in [6, 6.07) is 3.64. The van der Waals surface area contributed by atoms with Gasteiger partial charge in [0.15, 0.2) is 0 Å². The van der Waals surface area contributed by atoms with Gasteiger partial charge in [-0.3, -0.25) is 9.78 Å². The van der Waals surface area contributed by atoms with Gasteiger partial charge in [0.1, 0.15) is 0 Å². The van der Waals surface area contributed by atoms with E-state index in [2.05, 4.69) is 20.9 Å². The third-order valence-electron chi connectivity index (χ3n) is 2.44. The van der Waals surface area contributed by atoms with Crippen LogP contribution in [0.5, 0.6) is 0 Å². The lowest BCUT2D eigenvalue weighted by Crippen LogP contribution is -2.26. The summed E-state index contributed by atoms with van der Waals surface area (Å²) in [6.07, 6.45) is 3.06. The van der Waals surface area contributed by atoms with Crippen LogP contribution in [0.3, 0.4) is 0 Å². The summed E-state index contributed by atoms with van der Waals surface area (Å²) >= 11 is 5.00. The summed E-state index contributed by atoms with van der Waals surface area (Å²) in [4.78, 5) is 18.8. The number of nitrogens with two attached hydrogens (primary N) is 1. The number of carbonyl (C=O) groups is 1. The summed E-state index contributed by atoms with van der Waals surface area (Å²) in [5, 5.41) is 1.99. The highest BCUT2D eigenvalue weighted by atomic mass is 79.9. The molecular weight excluding hydrogens is 314 g/mol. The number of nitrogens with zero attached hydrogens (tertiary/aromatic N) is 2. The van der Waals surface area contributed by atoms with Crippen molar-refractivity contribution in [3.05, 3.63) is 44.8 Å². The smallest absolute Gasteiger partial charge is 0.256 e. The minimum atomic E-state index is -0.0978. The molecule has 94 valence electrons. The molecule has 4 nitrogen and oxygen atoms in total. The van der Waals surface area contributed by atoms with Crippen LogP contribution in [0.1, 0.15) is 15.2 Å². The number of hydrogen-bond acceptors (Lipinski definition) is 4. The Hall–Kier alpha value is -1.40. The molecular formula is C12H12BrN3OS. The number of amides is 1. The van der Waals surface area contributed by atoms with Crippen LogP contribution in [0.15, 0.2) is 34.4 Å². The molecule has 2 N–H and O–H groups in total. The Kier molecular flexibility index (Phi) is 3.98. The Bertz CT molecular complexity index is 570. The van der Waals surface area contributed by atoms with Gasteiger partial charge in [-0.2, -0.15) is 0 Å². The van der Waals surface area contributed by atoms with Gasteiger partial charge in [-0.15, -0.1) is 11.3 Å². The Morgan fingerprint density at radius 2 is 2.39 bits per heavy atom. The van der Waals surface area contributed by atoms with E-state index in [1.807, 2.05) is 11.4 Å². The predicted molar refractivity (Wildman–Crippen MR) is 76.5 cm³/mol. The standard InChI is InChI=1S/C12H12BrN3OS/c1-16(6-9-4-8(13)7-18-9)12(17)10-2-3-15-5-11(10)14/h2-5,7H,6,14H2,1H3. The van der Waals surface area contributed by atoms with Crippen LogP contribution in [-0.2, 0) is 6.54 Å². The average Bonchev–Trinajstić information content (AvgIpc) is 2.74. The zero-order valence-electron chi connectivity index (χ0n) is 9.76. The molecule has 0 unspecified atom stereocenters. The highest BCUT2D eigenvalue weighted by Crippen LogP contribution is 2.21. The van der Waals surface area contributed by atoms with Gasteiger partial charge in [0.05, 0.1) is 24.0 Å². The SMILES string of the molecule is CN(Cc1cc(Br)cs1)C(=O)c1ccncc1N. The lowest BCUT2D eigenvalue weighted by atomic mass is 10.2. The van der Waals surface area contributed by atoms with Gasteiger partial charge in [-0.1, -0.05) is 0 Å². The second-order valence-electron chi connectivity index (χ2n) is 3.86.